The Morgan fingerprint density at radius 1 is 0.973 bits per heavy atom. The molecule has 190 valence electrons. The molecule has 0 radical (unpaired) electrons. The van der Waals surface area contributed by atoms with Crippen LogP contribution < -0.4 is 20.2 Å². The Labute approximate surface area is 242 Å². The van der Waals surface area contributed by atoms with E-state index in [1.165, 1.54) is 0 Å². The molecule has 37 heavy (non-hydrogen) atoms. The minimum atomic E-state index is -0.357. The summed E-state index contributed by atoms with van der Waals surface area (Å²) in [5, 5.41) is 15.7. The van der Waals surface area contributed by atoms with E-state index >= 15 is 0 Å². The first-order valence-corrected chi connectivity index (χ1v) is 13.5. The summed E-state index contributed by atoms with van der Waals surface area (Å²) in [4.78, 5) is 24.2. The third-order valence-corrected chi connectivity index (χ3v) is 6.52. The molecule has 2 N–H and O–H groups in total. The van der Waals surface area contributed by atoms with Crippen LogP contribution in [0, 0.1) is 18.5 Å². The van der Waals surface area contributed by atoms with Gasteiger partial charge >= 0.3 is 0 Å². The SMILES string of the molecule is CCOc1ccc(NC(=O)CCC(=O)NN=Cc2cc(I)c(OCc3ccc(C#N)cc3)c(I)c2)cc1. The van der Waals surface area contributed by atoms with Gasteiger partial charge in [-0.3, -0.25) is 9.59 Å². The number of nitrogens with zero attached hydrogens (tertiary/aromatic N) is 2. The van der Waals surface area contributed by atoms with E-state index in [1.54, 1.807) is 42.6 Å². The summed E-state index contributed by atoms with van der Waals surface area (Å²) in [6, 6.07) is 20.2. The van der Waals surface area contributed by atoms with E-state index in [1.807, 2.05) is 31.2 Å². The molecule has 10 heteroatoms. The van der Waals surface area contributed by atoms with Crippen LogP contribution in [0.5, 0.6) is 11.5 Å². The van der Waals surface area contributed by atoms with Gasteiger partial charge in [0.05, 0.1) is 31.6 Å². The van der Waals surface area contributed by atoms with Gasteiger partial charge in [0.25, 0.3) is 0 Å². The first kappa shape index (κ1) is 28.4. The number of hydrazone groups is 1. The van der Waals surface area contributed by atoms with Crippen molar-refractivity contribution in [1.29, 1.82) is 5.26 Å². The predicted molar refractivity (Wildman–Crippen MR) is 159 cm³/mol. The number of carbonyl (C=O) groups excluding carboxylic acids is 2. The molecule has 0 heterocycles. The van der Waals surface area contributed by atoms with Crippen LogP contribution in [0.4, 0.5) is 5.69 Å². The van der Waals surface area contributed by atoms with E-state index in [-0.39, 0.29) is 24.7 Å². The number of nitriles is 1. The topological polar surface area (TPSA) is 113 Å². The molecule has 0 fully saturated rings. The monoisotopic (exact) mass is 722 g/mol. The standard InChI is InChI=1S/C27H24I2N4O4/c1-2-36-22-9-7-21(8-10-22)32-25(34)11-12-26(35)33-31-16-20-13-23(28)27(24(29)14-20)37-17-19-5-3-18(15-30)4-6-19/h3-10,13-14,16H,2,11-12,17H2,1H3,(H,32,34)(H,33,35). The molecular formula is C27H24I2N4O4. The Morgan fingerprint density at radius 3 is 2.24 bits per heavy atom. The van der Waals surface area contributed by atoms with Crippen molar-refractivity contribution in [3.63, 3.8) is 0 Å². The number of nitrogens with one attached hydrogen (secondary N) is 2. The molecule has 0 saturated heterocycles. The summed E-state index contributed by atoms with van der Waals surface area (Å²) in [7, 11) is 0. The maximum Gasteiger partial charge on any atom is 0.240 e. The van der Waals surface area contributed by atoms with E-state index in [4.69, 9.17) is 14.7 Å². The molecule has 3 aromatic carbocycles. The number of carbonyl (C=O) groups is 2. The van der Waals surface area contributed by atoms with E-state index in [0.717, 1.165) is 29.8 Å². The number of benzene rings is 3. The van der Waals surface area contributed by atoms with E-state index in [2.05, 4.69) is 67.1 Å². The van der Waals surface area contributed by atoms with Crippen LogP contribution in [0.1, 0.15) is 36.5 Å². The van der Waals surface area contributed by atoms with Gasteiger partial charge < -0.3 is 14.8 Å². The minimum absolute atomic E-state index is 0.0113. The molecule has 0 spiro atoms. The Hall–Kier alpha value is -3.18. The van der Waals surface area contributed by atoms with Crippen LogP contribution in [0.15, 0.2) is 65.8 Å². The lowest BCUT2D eigenvalue weighted by Crippen LogP contribution is -2.20. The first-order valence-electron chi connectivity index (χ1n) is 11.3. The molecule has 0 saturated carbocycles. The zero-order valence-electron chi connectivity index (χ0n) is 20.0. The highest BCUT2D eigenvalue weighted by Gasteiger charge is 2.10. The van der Waals surface area contributed by atoms with Crippen molar-refractivity contribution in [2.24, 2.45) is 5.10 Å². The van der Waals surface area contributed by atoms with Crippen molar-refractivity contribution in [3.8, 4) is 17.6 Å². The highest BCUT2D eigenvalue weighted by molar-refractivity contribution is 14.1. The maximum absolute atomic E-state index is 12.1. The van der Waals surface area contributed by atoms with Crippen molar-refractivity contribution in [2.45, 2.75) is 26.4 Å². The summed E-state index contributed by atoms with van der Waals surface area (Å²) in [5.41, 5.74) is 5.47. The fourth-order valence-corrected chi connectivity index (χ4v) is 5.24. The number of amides is 2. The van der Waals surface area contributed by atoms with Gasteiger partial charge in [0, 0.05) is 18.5 Å². The molecule has 0 bridgehead atoms. The number of hydrogen-bond acceptors (Lipinski definition) is 6. The number of ether oxygens (including phenoxy) is 2. The second kappa shape index (κ2) is 14.5. The van der Waals surface area contributed by atoms with Gasteiger partial charge in [0.15, 0.2) is 0 Å². The molecule has 0 aliphatic rings. The molecule has 8 nitrogen and oxygen atoms in total. The zero-order valence-corrected chi connectivity index (χ0v) is 24.3. The van der Waals surface area contributed by atoms with Crippen LogP contribution in [0.2, 0.25) is 0 Å². The van der Waals surface area contributed by atoms with Crippen LogP contribution in [-0.4, -0.2) is 24.6 Å². The second-order valence-corrected chi connectivity index (χ2v) is 10.0. The highest BCUT2D eigenvalue weighted by atomic mass is 127. The Morgan fingerprint density at radius 2 is 1.62 bits per heavy atom. The lowest BCUT2D eigenvalue weighted by atomic mass is 10.1. The smallest absolute Gasteiger partial charge is 0.240 e. The Bertz CT molecular complexity index is 1280. The quantitative estimate of drug-likeness (QED) is 0.152. The third kappa shape index (κ3) is 9.32. The number of hydrogen-bond donors (Lipinski definition) is 2. The maximum atomic E-state index is 12.1. The predicted octanol–water partition coefficient (Wildman–Crippen LogP) is 5.61. The van der Waals surface area contributed by atoms with Gasteiger partial charge in [0.1, 0.15) is 18.1 Å². The van der Waals surface area contributed by atoms with E-state index < -0.39 is 0 Å². The van der Waals surface area contributed by atoms with Crippen molar-refractivity contribution in [3.05, 3.63) is 84.5 Å². The zero-order chi connectivity index (χ0) is 26.6. The van der Waals surface area contributed by atoms with Gasteiger partial charge in [-0.05, 0) is 112 Å². The van der Waals surface area contributed by atoms with E-state index in [0.29, 0.717) is 24.5 Å². The molecule has 0 aliphatic heterocycles. The minimum Gasteiger partial charge on any atom is -0.494 e. The van der Waals surface area contributed by atoms with Crippen molar-refractivity contribution in [2.75, 3.05) is 11.9 Å². The molecule has 3 aromatic rings. The molecule has 0 aliphatic carbocycles. The van der Waals surface area contributed by atoms with Gasteiger partial charge in [-0.25, -0.2) is 5.43 Å². The van der Waals surface area contributed by atoms with Crippen LogP contribution in [0.3, 0.4) is 0 Å². The van der Waals surface area contributed by atoms with Crippen LogP contribution in [0.25, 0.3) is 0 Å². The van der Waals surface area contributed by atoms with E-state index in [9.17, 15) is 9.59 Å². The van der Waals surface area contributed by atoms with Gasteiger partial charge in [-0.2, -0.15) is 10.4 Å². The third-order valence-electron chi connectivity index (χ3n) is 4.92. The lowest BCUT2D eigenvalue weighted by molar-refractivity contribution is -0.124. The summed E-state index contributed by atoms with van der Waals surface area (Å²) < 4.78 is 13.2. The molecule has 0 aromatic heterocycles. The average Bonchev–Trinajstić information content (AvgIpc) is 2.89. The summed E-state index contributed by atoms with van der Waals surface area (Å²) >= 11 is 4.39. The average molecular weight is 722 g/mol. The number of halogens is 2. The van der Waals surface area contributed by atoms with Crippen molar-refractivity contribution >= 4 is 68.9 Å². The second-order valence-electron chi connectivity index (χ2n) is 7.71. The summed E-state index contributed by atoms with van der Waals surface area (Å²) in [6.07, 6.45) is 1.60. The van der Waals surface area contributed by atoms with Crippen LogP contribution in [-0.2, 0) is 16.2 Å². The van der Waals surface area contributed by atoms with Crippen LogP contribution >= 0.6 is 45.2 Å². The fourth-order valence-electron chi connectivity index (χ4n) is 3.11. The molecule has 0 unspecified atom stereocenters. The largest absolute Gasteiger partial charge is 0.494 e. The highest BCUT2D eigenvalue weighted by Crippen LogP contribution is 2.29. The fraction of sp³-hybridized carbons (Fsp3) is 0.185. The van der Waals surface area contributed by atoms with Gasteiger partial charge in [-0.1, -0.05) is 12.1 Å². The summed E-state index contributed by atoms with van der Waals surface area (Å²) in [6.45, 7) is 2.86. The lowest BCUT2D eigenvalue weighted by Gasteiger charge is -2.11. The molecule has 0 atom stereocenters. The number of rotatable bonds is 11. The molecule has 2 amide bonds. The normalized spacial score (nSPS) is 10.5. The molecule has 3 rings (SSSR count). The Balaban J connectivity index is 1.45. The molecular weight excluding hydrogens is 698 g/mol. The van der Waals surface area contributed by atoms with Crippen molar-refractivity contribution < 1.29 is 19.1 Å². The number of anilines is 1. The summed E-state index contributed by atoms with van der Waals surface area (Å²) in [5.74, 6) is 0.867. The van der Waals surface area contributed by atoms with Crippen molar-refractivity contribution in [1.82, 2.24) is 5.43 Å². The van der Waals surface area contributed by atoms with Gasteiger partial charge in [-0.15, -0.1) is 0 Å². The van der Waals surface area contributed by atoms with Gasteiger partial charge in [0.2, 0.25) is 11.8 Å². The Kier molecular flexibility index (Phi) is 11.2. The first-order chi connectivity index (χ1) is 17.9.